The van der Waals surface area contributed by atoms with Crippen LogP contribution in [0, 0.1) is 0 Å². The van der Waals surface area contributed by atoms with Crippen molar-refractivity contribution in [2.24, 2.45) is 0 Å². The molecule has 0 spiro atoms. The summed E-state index contributed by atoms with van der Waals surface area (Å²) in [5.41, 5.74) is 7.42. The number of carbonyl (C=O) groups is 4. The zero-order chi connectivity index (χ0) is 31.7. The average molecular weight is 605 g/mol. The number of methoxy groups -OCH3 is 2. The van der Waals surface area contributed by atoms with Crippen LogP contribution in [0.15, 0.2) is 108 Å². The third-order valence-corrected chi connectivity index (χ3v) is 8.85. The lowest BCUT2D eigenvalue weighted by Gasteiger charge is -2.31. The first-order valence-electron chi connectivity index (χ1n) is 14.6. The fourth-order valence-electron chi connectivity index (χ4n) is 6.76. The molecular weight excluding hydrogens is 580 g/mol. The number of rotatable bonds is 6. The van der Waals surface area contributed by atoms with Crippen molar-refractivity contribution < 1.29 is 28.7 Å². The van der Waals surface area contributed by atoms with Crippen LogP contribution in [0.5, 0.6) is 11.5 Å². The van der Waals surface area contributed by atoms with Gasteiger partial charge in [-0.15, -0.1) is 0 Å². The summed E-state index contributed by atoms with van der Waals surface area (Å²) in [4.78, 5) is 56.2. The molecule has 8 rings (SSSR count). The lowest BCUT2D eigenvalue weighted by molar-refractivity contribution is -0.122. The molecule has 4 aromatic carbocycles. The third-order valence-electron chi connectivity index (χ3n) is 8.85. The Kier molecular flexibility index (Phi) is 6.01. The van der Waals surface area contributed by atoms with Gasteiger partial charge in [-0.3, -0.25) is 29.0 Å². The number of amides is 2. The van der Waals surface area contributed by atoms with Crippen LogP contribution in [-0.4, -0.2) is 48.4 Å². The Morgan fingerprint density at radius 2 is 0.935 bits per heavy atom. The second-order valence-corrected chi connectivity index (χ2v) is 11.1. The van der Waals surface area contributed by atoms with Gasteiger partial charge < -0.3 is 9.47 Å². The van der Waals surface area contributed by atoms with Gasteiger partial charge in [-0.25, -0.2) is 0 Å². The molecule has 222 valence electrons. The Balaban J connectivity index is 1.44. The smallest absolute Gasteiger partial charge is 0.265 e. The summed E-state index contributed by atoms with van der Waals surface area (Å²) >= 11 is 0. The number of nitrogens with zero attached hydrogens (tertiary/aromatic N) is 2. The number of carbonyl (C=O) groups excluding carboxylic acids is 4. The maximum absolute atomic E-state index is 14.5. The Morgan fingerprint density at radius 1 is 0.543 bits per heavy atom. The summed E-state index contributed by atoms with van der Waals surface area (Å²) in [6.07, 6.45) is 4.73. The molecule has 0 aromatic heterocycles. The predicted octanol–water partition coefficient (Wildman–Crippen LogP) is 5.94. The first-order chi connectivity index (χ1) is 22.5. The molecule has 4 aliphatic heterocycles. The summed E-state index contributed by atoms with van der Waals surface area (Å²) in [5, 5.41) is 0. The number of hydrogen-bond acceptors (Lipinski definition) is 6. The van der Waals surface area contributed by atoms with E-state index in [4.69, 9.17) is 9.47 Å². The highest BCUT2D eigenvalue weighted by atomic mass is 16.5. The number of hydrogen-bond donors (Lipinski definition) is 0. The Hall–Kier alpha value is -6.28. The lowest BCUT2D eigenvalue weighted by atomic mass is 9.86. The van der Waals surface area contributed by atoms with Gasteiger partial charge in [0.15, 0.2) is 24.1 Å². The van der Waals surface area contributed by atoms with E-state index in [9.17, 15) is 19.2 Å². The summed E-state index contributed by atoms with van der Waals surface area (Å²) in [6.45, 7) is 0. The van der Waals surface area contributed by atoms with Crippen LogP contribution in [0.25, 0.3) is 22.5 Å². The average Bonchev–Trinajstić information content (AvgIpc) is 3.57. The molecule has 0 unspecified atom stereocenters. The van der Waals surface area contributed by atoms with Gasteiger partial charge in [0.1, 0.15) is 0 Å². The van der Waals surface area contributed by atoms with E-state index in [0.29, 0.717) is 57.7 Å². The molecule has 4 heterocycles. The molecule has 4 aliphatic rings. The zero-order valence-corrected chi connectivity index (χ0v) is 24.7. The zero-order valence-electron chi connectivity index (χ0n) is 24.7. The van der Waals surface area contributed by atoms with Crippen LogP contribution in [0.1, 0.15) is 54.1 Å². The van der Waals surface area contributed by atoms with Crippen LogP contribution < -0.4 is 9.47 Å². The largest absolute Gasteiger partial charge is 0.493 e. The Morgan fingerprint density at radius 3 is 1.37 bits per heavy atom. The summed E-state index contributed by atoms with van der Waals surface area (Å²) in [5.74, 6) is 0.213. The van der Waals surface area contributed by atoms with Crippen LogP contribution >= 0.6 is 0 Å². The minimum atomic E-state index is -0.376. The molecular formula is C38H24N2O6. The van der Waals surface area contributed by atoms with E-state index < -0.39 is 0 Å². The molecule has 4 aromatic rings. The lowest BCUT2D eigenvalue weighted by Crippen LogP contribution is -2.28. The van der Waals surface area contributed by atoms with Crippen molar-refractivity contribution in [3.05, 3.63) is 153 Å². The third kappa shape index (κ3) is 3.67. The molecule has 0 N–H and O–H groups in total. The van der Waals surface area contributed by atoms with Gasteiger partial charge in [-0.2, -0.15) is 0 Å². The highest BCUT2D eigenvalue weighted by molar-refractivity contribution is 6.32. The van der Waals surface area contributed by atoms with E-state index in [-0.39, 0.29) is 34.1 Å². The van der Waals surface area contributed by atoms with E-state index in [2.05, 4.69) is 0 Å². The SMILES string of the molecule is COc1cc2c(cc1OC)C1=C3C(=O)N4C=C(c5ccccc5)c5cc(C=O)c(C=O)cc5C4=C3C(=O)N1C=C2c1ccccc1. The van der Waals surface area contributed by atoms with Crippen molar-refractivity contribution in [1.82, 2.24) is 9.80 Å². The molecule has 46 heavy (non-hydrogen) atoms. The van der Waals surface area contributed by atoms with E-state index >= 15 is 0 Å². The van der Waals surface area contributed by atoms with E-state index in [1.165, 1.54) is 16.9 Å². The van der Waals surface area contributed by atoms with Crippen LogP contribution in [-0.2, 0) is 9.59 Å². The number of fused-ring (bicyclic) bond motifs is 7. The van der Waals surface area contributed by atoms with Crippen molar-refractivity contribution in [3.63, 3.8) is 0 Å². The highest BCUT2D eigenvalue weighted by Crippen LogP contribution is 2.54. The first kappa shape index (κ1) is 27.3. The molecule has 0 saturated carbocycles. The standard InChI is InChI=1S/C38H24N2O6/c1-45-31-15-26-28(16-32(31)46-2)36-34-33(37(43)40(36)18-30(26)22-11-7-4-8-12-22)35-27-14-24(20-42)23(19-41)13-25(27)29(17-39(35)38(34)44)21-9-5-3-6-10-21/h3-20H,1-2H3. The van der Waals surface area contributed by atoms with Crippen molar-refractivity contribution >= 4 is 46.9 Å². The maximum Gasteiger partial charge on any atom is 0.265 e. The molecule has 0 atom stereocenters. The van der Waals surface area contributed by atoms with Crippen molar-refractivity contribution in [2.75, 3.05) is 14.2 Å². The molecule has 0 aliphatic carbocycles. The van der Waals surface area contributed by atoms with Gasteiger partial charge in [-0.1, -0.05) is 60.7 Å². The maximum atomic E-state index is 14.5. The molecule has 0 bridgehead atoms. The number of benzene rings is 4. The summed E-state index contributed by atoms with van der Waals surface area (Å²) in [7, 11) is 3.10. The second kappa shape index (κ2) is 10.1. The van der Waals surface area contributed by atoms with Crippen LogP contribution in [0.4, 0.5) is 0 Å². The van der Waals surface area contributed by atoms with Gasteiger partial charge >= 0.3 is 0 Å². The van der Waals surface area contributed by atoms with E-state index in [1.807, 2.05) is 66.7 Å². The quantitative estimate of drug-likeness (QED) is 0.253. The number of ether oxygens (including phenoxy) is 2. The minimum absolute atomic E-state index is 0.168. The monoisotopic (exact) mass is 604 g/mol. The van der Waals surface area contributed by atoms with Gasteiger partial charge in [0, 0.05) is 45.8 Å². The number of aldehydes is 2. The van der Waals surface area contributed by atoms with Crippen molar-refractivity contribution in [2.45, 2.75) is 0 Å². The summed E-state index contributed by atoms with van der Waals surface area (Å²) < 4.78 is 11.3. The molecule has 0 saturated heterocycles. The predicted molar refractivity (Wildman–Crippen MR) is 171 cm³/mol. The summed E-state index contributed by atoms with van der Waals surface area (Å²) in [6, 6.07) is 26.0. The molecule has 0 fully saturated rings. The van der Waals surface area contributed by atoms with Crippen molar-refractivity contribution in [1.29, 1.82) is 0 Å². The van der Waals surface area contributed by atoms with Crippen LogP contribution in [0.2, 0.25) is 0 Å². The van der Waals surface area contributed by atoms with Gasteiger partial charge in [0.2, 0.25) is 0 Å². The topological polar surface area (TPSA) is 93.2 Å². The highest BCUT2D eigenvalue weighted by Gasteiger charge is 2.51. The molecule has 8 nitrogen and oxygen atoms in total. The van der Waals surface area contributed by atoms with Crippen molar-refractivity contribution in [3.8, 4) is 11.5 Å². The molecule has 8 heteroatoms. The van der Waals surface area contributed by atoms with Gasteiger partial charge in [-0.05, 0) is 46.5 Å². The molecule has 0 radical (unpaired) electrons. The minimum Gasteiger partial charge on any atom is -0.493 e. The van der Waals surface area contributed by atoms with E-state index in [1.54, 1.807) is 37.7 Å². The Labute approximate surface area is 263 Å². The van der Waals surface area contributed by atoms with E-state index in [0.717, 1.165) is 22.3 Å². The fourth-order valence-corrected chi connectivity index (χ4v) is 6.76. The van der Waals surface area contributed by atoms with Gasteiger partial charge in [0.05, 0.1) is 36.8 Å². The Bertz CT molecular complexity index is 2190. The second-order valence-electron chi connectivity index (χ2n) is 11.1. The van der Waals surface area contributed by atoms with Crippen LogP contribution in [0.3, 0.4) is 0 Å². The first-order valence-corrected chi connectivity index (χ1v) is 14.6. The van der Waals surface area contributed by atoms with Gasteiger partial charge in [0.25, 0.3) is 11.8 Å². The molecule has 2 amide bonds. The fraction of sp³-hybridized carbons (Fsp3) is 0.0526. The normalized spacial score (nSPS) is 15.9.